The van der Waals surface area contributed by atoms with Gasteiger partial charge in [0.15, 0.2) is 5.78 Å². The molecule has 0 N–H and O–H groups in total. The average Bonchev–Trinajstić information content (AvgIpc) is 2.37. The highest BCUT2D eigenvalue weighted by Crippen LogP contribution is 2.28. The molecule has 1 aliphatic rings. The van der Waals surface area contributed by atoms with Gasteiger partial charge in [-0.2, -0.15) is 0 Å². The van der Waals surface area contributed by atoms with E-state index in [1.165, 1.54) is 5.39 Å². The van der Waals surface area contributed by atoms with Crippen LogP contribution in [0.1, 0.15) is 29.3 Å². The maximum atomic E-state index is 12.2. The van der Waals surface area contributed by atoms with Crippen molar-refractivity contribution in [3.63, 3.8) is 0 Å². The Bertz CT molecular complexity index is 622. The third-order valence-electron chi connectivity index (χ3n) is 3.47. The molecule has 0 saturated heterocycles. The number of ketones is 1. The lowest BCUT2D eigenvalue weighted by Gasteiger charge is -2.17. The Morgan fingerprint density at radius 2 is 1.82 bits per heavy atom. The smallest absolute Gasteiger partial charge is 0.170 e. The van der Waals surface area contributed by atoms with Gasteiger partial charge in [0.05, 0.1) is 0 Å². The molecule has 0 aliphatic heterocycles. The zero-order valence-corrected chi connectivity index (χ0v) is 9.81. The highest BCUT2D eigenvalue weighted by atomic mass is 16.1. The molecule has 3 rings (SSSR count). The maximum Gasteiger partial charge on any atom is 0.170 e. The van der Waals surface area contributed by atoms with E-state index < -0.39 is 0 Å². The molecule has 1 nitrogen and oxygen atoms in total. The van der Waals surface area contributed by atoms with Crippen LogP contribution in [-0.2, 0) is 0 Å². The SMILES string of the molecule is CCC1C=Cc2cc3ccccc3cc2C1=O. The van der Waals surface area contributed by atoms with Crippen LogP contribution in [-0.4, -0.2) is 5.78 Å². The molecule has 1 heteroatoms. The third kappa shape index (κ3) is 1.59. The second-order valence-electron chi connectivity index (χ2n) is 4.52. The predicted molar refractivity (Wildman–Crippen MR) is 71.1 cm³/mol. The molecule has 0 aromatic heterocycles. The van der Waals surface area contributed by atoms with E-state index in [1.807, 2.05) is 24.3 Å². The van der Waals surface area contributed by atoms with Crippen molar-refractivity contribution < 1.29 is 4.79 Å². The van der Waals surface area contributed by atoms with Gasteiger partial charge in [-0.05, 0) is 34.9 Å². The van der Waals surface area contributed by atoms with Gasteiger partial charge in [-0.15, -0.1) is 0 Å². The van der Waals surface area contributed by atoms with Crippen molar-refractivity contribution in [3.05, 3.63) is 53.6 Å². The molecule has 1 aliphatic carbocycles. The number of allylic oxidation sites excluding steroid dienone is 1. The van der Waals surface area contributed by atoms with E-state index in [0.29, 0.717) is 0 Å². The number of carbonyl (C=O) groups excluding carboxylic acids is 1. The molecule has 2 aromatic carbocycles. The predicted octanol–water partition coefficient (Wildman–Crippen LogP) is 4.08. The molecule has 0 saturated carbocycles. The average molecular weight is 222 g/mol. The van der Waals surface area contributed by atoms with Gasteiger partial charge in [-0.1, -0.05) is 43.3 Å². The van der Waals surface area contributed by atoms with Crippen LogP contribution in [0.3, 0.4) is 0 Å². The molecule has 0 heterocycles. The van der Waals surface area contributed by atoms with Gasteiger partial charge >= 0.3 is 0 Å². The summed E-state index contributed by atoms with van der Waals surface area (Å²) in [6.07, 6.45) is 4.98. The lowest BCUT2D eigenvalue weighted by molar-refractivity contribution is 0.0941. The van der Waals surface area contributed by atoms with E-state index in [1.54, 1.807) is 0 Å². The molecule has 0 bridgehead atoms. The first kappa shape index (κ1) is 10.3. The summed E-state index contributed by atoms with van der Waals surface area (Å²) in [5, 5.41) is 2.34. The lowest BCUT2D eigenvalue weighted by Crippen LogP contribution is -2.16. The molecule has 0 fully saturated rings. The number of hydrogen-bond acceptors (Lipinski definition) is 1. The summed E-state index contributed by atoms with van der Waals surface area (Å²) < 4.78 is 0. The second kappa shape index (κ2) is 3.85. The van der Waals surface area contributed by atoms with Crippen LogP contribution in [0, 0.1) is 5.92 Å². The summed E-state index contributed by atoms with van der Waals surface area (Å²) >= 11 is 0. The Morgan fingerprint density at radius 1 is 1.12 bits per heavy atom. The van der Waals surface area contributed by atoms with E-state index in [-0.39, 0.29) is 11.7 Å². The Kier molecular flexibility index (Phi) is 2.32. The van der Waals surface area contributed by atoms with Crippen LogP contribution in [0.25, 0.3) is 16.8 Å². The van der Waals surface area contributed by atoms with E-state index >= 15 is 0 Å². The highest BCUT2D eigenvalue weighted by Gasteiger charge is 2.22. The number of benzene rings is 2. The van der Waals surface area contributed by atoms with Gasteiger partial charge in [0.2, 0.25) is 0 Å². The van der Waals surface area contributed by atoms with Crippen molar-refractivity contribution in [1.29, 1.82) is 0 Å². The lowest BCUT2D eigenvalue weighted by atomic mass is 9.85. The van der Waals surface area contributed by atoms with E-state index in [4.69, 9.17) is 0 Å². The second-order valence-corrected chi connectivity index (χ2v) is 4.52. The third-order valence-corrected chi connectivity index (χ3v) is 3.47. The van der Waals surface area contributed by atoms with Gasteiger partial charge in [-0.25, -0.2) is 0 Å². The zero-order chi connectivity index (χ0) is 11.8. The van der Waals surface area contributed by atoms with Gasteiger partial charge < -0.3 is 0 Å². The number of fused-ring (bicyclic) bond motifs is 2. The number of hydrogen-bond donors (Lipinski definition) is 0. The maximum absolute atomic E-state index is 12.2. The Labute approximate surface area is 101 Å². The summed E-state index contributed by atoms with van der Waals surface area (Å²) in [4.78, 5) is 12.2. The normalized spacial score (nSPS) is 18.4. The van der Waals surface area contributed by atoms with Crippen LogP contribution in [0.4, 0.5) is 0 Å². The largest absolute Gasteiger partial charge is 0.293 e. The molecular formula is C16H14O. The van der Waals surface area contributed by atoms with Crippen molar-refractivity contribution in [2.75, 3.05) is 0 Å². The summed E-state index contributed by atoms with van der Waals surface area (Å²) in [6.45, 7) is 2.05. The molecule has 2 aromatic rings. The Balaban J connectivity index is 2.24. The quantitative estimate of drug-likeness (QED) is 0.710. The first-order valence-electron chi connectivity index (χ1n) is 6.05. The Morgan fingerprint density at radius 3 is 2.53 bits per heavy atom. The number of carbonyl (C=O) groups is 1. The fourth-order valence-electron chi connectivity index (χ4n) is 2.44. The minimum atomic E-state index is 0.0589. The Hall–Kier alpha value is -1.89. The minimum Gasteiger partial charge on any atom is -0.293 e. The molecule has 17 heavy (non-hydrogen) atoms. The monoisotopic (exact) mass is 222 g/mol. The minimum absolute atomic E-state index is 0.0589. The summed E-state index contributed by atoms with van der Waals surface area (Å²) in [5.41, 5.74) is 1.93. The van der Waals surface area contributed by atoms with Crippen LogP contribution < -0.4 is 0 Å². The van der Waals surface area contributed by atoms with Crippen molar-refractivity contribution in [2.24, 2.45) is 5.92 Å². The fourth-order valence-corrected chi connectivity index (χ4v) is 2.44. The molecule has 1 unspecified atom stereocenters. The summed E-state index contributed by atoms with van der Waals surface area (Å²) in [5.74, 6) is 0.319. The van der Waals surface area contributed by atoms with E-state index in [2.05, 4.69) is 31.2 Å². The van der Waals surface area contributed by atoms with Gasteiger partial charge in [-0.3, -0.25) is 4.79 Å². The van der Waals surface area contributed by atoms with E-state index in [9.17, 15) is 4.79 Å². The van der Waals surface area contributed by atoms with Crippen molar-refractivity contribution in [1.82, 2.24) is 0 Å². The van der Waals surface area contributed by atoms with E-state index in [0.717, 1.165) is 22.9 Å². The molecule has 0 spiro atoms. The number of rotatable bonds is 1. The van der Waals surface area contributed by atoms with Crippen molar-refractivity contribution in [2.45, 2.75) is 13.3 Å². The highest BCUT2D eigenvalue weighted by molar-refractivity contribution is 6.07. The van der Waals surface area contributed by atoms with Crippen molar-refractivity contribution in [3.8, 4) is 0 Å². The van der Waals surface area contributed by atoms with Crippen LogP contribution in [0.2, 0.25) is 0 Å². The fraction of sp³-hybridized carbons (Fsp3) is 0.188. The standard InChI is InChI=1S/C16H14O/c1-2-11-7-8-14-9-12-5-3-4-6-13(12)10-15(14)16(11)17/h3-11H,2H2,1H3. The van der Waals surface area contributed by atoms with Crippen LogP contribution >= 0.6 is 0 Å². The van der Waals surface area contributed by atoms with Gasteiger partial charge in [0, 0.05) is 11.5 Å². The zero-order valence-electron chi connectivity index (χ0n) is 9.81. The molecule has 84 valence electrons. The summed E-state index contributed by atoms with van der Waals surface area (Å²) in [6, 6.07) is 12.3. The van der Waals surface area contributed by atoms with Crippen molar-refractivity contribution >= 4 is 22.6 Å². The van der Waals surface area contributed by atoms with Crippen LogP contribution in [0.15, 0.2) is 42.5 Å². The van der Waals surface area contributed by atoms with Crippen LogP contribution in [0.5, 0.6) is 0 Å². The molecule has 0 radical (unpaired) electrons. The van der Waals surface area contributed by atoms with Gasteiger partial charge in [0.25, 0.3) is 0 Å². The molecule has 1 atom stereocenters. The molecular weight excluding hydrogens is 208 g/mol. The number of Topliss-reactive ketones (excluding diaryl/α,β-unsaturated/α-hetero) is 1. The first-order chi connectivity index (χ1) is 8.29. The molecule has 0 amide bonds. The topological polar surface area (TPSA) is 17.1 Å². The van der Waals surface area contributed by atoms with Gasteiger partial charge in [0.1, 0.15) is 0 Å². The first-order valence-corrected chi connectivity index (χ1v) is 6.05. The summed E-state index contributed by atoms with van der Waals surface area (Å²) in [7, 11) is 0.